The monoisotopic (exact) mass is 440 g/mol. The normalized spacial score (nSPS) is 16.5. The number of aryl methyl sites for hydroxylation is 1. The number of methoxy groups -OCH3 is 2. The van der Waals surface area contributed by atoms with Gasteiger partial charge in [-0.15, -0.1) is 0 Å². The smallest absolute Gasteiger partial charge is 0.246 e. The van der Waals surface area contributed by atoms with Crippen molar-refractivity contribution in [3.63, 3.8) is 0 Å². The van der Waals surface area contributed by atoms with Crippen LogP contribution in [0.25, 0.3) is 0 Å². The zero-order valence-corrected chi connectivity index (χ0v) is 18.2. The van der Waals surface area contributed by atoms with Crippen LogP contribution in [0.5, 0.6) is 11.5 Å². The summed E-state index contributed by atoms with van der Waals surface area (Å²) in [6, 6.07) is 11.2. The number of ether oxygens (including phenoxy) is 2. The second-order valence-corrected chi connectivity index (χ2v) is 10.5. The molecule has 158 valence electrons. The zero-order valence-electron chi connectivity index (χ0n) is 16.5. The van der Waals surface area contributed by atoms with Crippen LogP contribution >= 0.6 is 0 Å². The van der Waals surface area contributed by atoms with Crippen molar-refractivity contribution in [2.24, 2.45) is 0 Å². The summed E-state index contributed by atoms with van der Waals surface area (Å²) in [7, 11) is -4.69. The van der Waals surface area contributed by atoms with Gasteiger partial charge in [0, 0.05) is 32.2 Å². The molecule has 2 aromatic rings. The second-order valence-electron chi connectivity index (χ2n) is 6.64. The summed E-state index contributed by atoms with van der Waals surface area (Å²) in [6.45, 7) is 2.12. The predicted molar refractivity (Wildman–Crippen MR) is 108 cm³/mol. The van der Waals surface area contributed by atoms with Gasteiger partial charge in [-0.05, 0) is 31.2 Å². The Kier molecular flexibility index (Phi) is 6.18. The lowest BCUT2D eigenvalue weighted by Gasteiger charge is -2.33. The average molecular weight is 441 g/mol. The first-order valence-corrected chi connectivity index (χ1v) is 11.9. The van der Waals surface area contributed by atoms with E-state index in [0.717, 1.165) is 5.56 Å². The molecule has 0 spiro atoms. The lowest BCUT2D eigenvalue weighted by atomic mass is 10.2. The van der Waals surface area contributed by atoms with E-state index in [0.29, 0.717) is 5.75 Å². The maximum absolute atomic E-state index is 13.1. The summed E-state index contributed by atoms with van der Waals surface area (Å²) in [5.41, 5.74) is 0.965. The molecule has 0 N–H and O–H groups in total. The summed E-state index contributed by atoms with van der Waals surface area (Å²) >= 11 is 0. The van der Waals surface area contributed by atoms with Crippen LogP contribution in [0.4, 0.5) is 0 Å². The lowest BCUT2D eigenvalue weighted by Crippen LogP contribution is -2.50. The molecule has 1 fully saturated rings. The van der Waals surface area contributed by atoms with Crippen molar-refractivity contribution in [2.75, 3.05) is 40.4 Å². The fraction of sp³-hybridized carbons (Fsp3) is 0.368. The third kappa shape index (κ3) is 4.25. The minimum Gasteiger partial charge on any atom is -0.497 e. The maximum atomic E-state index is 13.1. The van der Waals surface area contributed by atoms with Gasteiger partial charge in [-0.3, -0.25) is 0 Å². The molecule has 29 heavy (non-hydrogen) atoms. The SMILES string of the molecule is COc1ccc(OC)c(S(=O)(=O)N2CCN(S(=O)(=O)c3ccc(C)cc3)CC2)c1. The number of rotatable bonds is 6. The third-order valence-electron chi connectivity index (χ3n) is 4.84. The van der Waals surface area contributed by atoms with Crippen LogP contribution in [-0.4, -0.2) is 65.8 Å². The minimum absolute atomic E-state index is 0.00538. The first-order valence-electron chi connectivity index (χ1n) is 8.99. The van der Waals surface area contributed by atoms with Gasteiger partial charge < -0.3 is 9.47 Å². The summed E-state index contributed by atoms with van der Waals surface area (Å²) < 4.78 is 64.8. The molecule has 1 aliphatic rings. The predicted octanol–water partition coefficient (Wildman–Crippen LogP) is 1.71. The summed E-state index contributed by atoms with van der Waals surface area (Å²) in [5, 5.41) is 0. The highest BCUT2D eigenvalue weighted by atomic mass is 32.2. The van der Waals surface area contributed by atoms with Crippen LogP contribution in [0.2, 0.25) is 0 Å². The molecule has 2 aromatic carbocycles. The topological polar surface area (TPSA) is 93.2 Å². The van der Waals surface area contributed by atoms with E-state index in [1.165, 1.54) is 35.0 Å². The fourth-order valence-corrected chi connectivity index (χ4v) is 6.15. The Hall–Kier alpha value is -2.14. The molecule has 0 radical (unpaired) electrons. The number of piperazine rings is 1. The number of nitrogens with zero attached hydrogens (tertiary/aromatic N) is 2. The van der Waals surface area contributed by atoms with Gasteiger partial charge in [-0.2, -0.15) is 8.61 Å². The van der Waals surface area contributed by atoms with Crippen molar-refractivity contribution in [1.29, 1.82) is 0 Å². The molecule has 10 heteroatoms. The molecule has 3 rings (SSSR count). The quantitative estimate of drug-likeness (QED) is 0.679. The van der Waals surface area contributed by atoms with Crippen molar-refractivity contribution < 1.29 is 26.3 Å². The minimum atomic E-state index is -3.87. The van der Waals surface area contributed by atoms with Gasteiger partial charge in [0.05, 0.1) is 19.1 Å². The van der Waals surface area contributed by atoms with Gasteiger partial charge in [0.15, 0.2) is 0 Å². The van der Waals surface area contributed by atoms with E-state index >= 15 is 0 Å². The van der Waals surface area contributed by atoms with Crippen LogP contribution in [0.1, 0.15) is 5.56 Å². The molecule has 1 saturated heterocycles. The van der Waals surface area contributed by atoms with Crippen LogP contribution in [-0.2, 0) is 20.0 Å². The summed E-state index contributed by atoms with van der Waals surface area (Å²) in [4.78, 5) is 0.197. The van der Waals surface area contributed by atoms with Gasteiger partial charge in [0.25, 0.3) is 0 Å². The van der Waals surface area contributed by atoms with Crippen molar-refractivity contribution in [3.05, 3.63) is 48.0 Å². The number of hydrogen-bond donors (Lipinski definition) is 0. The zero-order chi connectivity index (χ0) is 21.2. The Labute approximate surface area is 171 Å². The molecule has 0 aliphatic carbocycles. The molecular weight excluding hydrogens is 416 g/mol. The van der Waals surface area contributed by atoms with Crippen molar-refractivity contribution in [1.82, 2.24) is 8.61 Å². The number of hydrogen-bond acceptors (Lipinski definition) is 6. The molecule has 0 saturated carbocycles. The van der Waals surface area contributed by atoms with Gasteiger partial charge in [-0.1, -0.05) is 17.7 Å². The Morgan fingerprint density at radius 1 is 0.759 bits per heavy atom. The van der Waals surface area contributed by atoms with E-state index in [1.54, 1.807) is 30.3 Å². The van der Waals surface area contributed by atoms with Gasteiger partial charge in [-0.25, -0.2) is 16.8 Å². The number of sulfonamides is 2. The van der Waals surface area contributed by atoms with Gasteiger partial charge in [0.2, 0.25) is 20.0 Å². The molecule has 0 atom stereocenters. The van der Waals surface area contributed by atoms with Crippen LogP contribution < -0.4 is 9.47 Å². The summed E-state index contributed by atoms with van der Waals surface area (Å²) in [5.74, 6) is 0.602. The Morgan fingerprint density at radius 2 is 1.31 bits per heavy atom. The van der Waals surface area contributed by atoms with E-state index in [4.69, 9.17) is 9.47 Å². The Morgan fingerprint density at radius 3 is 1.83 bits per heavy atom. The van der Waals surface area contributed by atoms with Gasteiger partial charge >= 0.3 is 0 Å². The van der Waals surface area contributed by atoms with Crippen LogP contribution in [0, 0.1) is 6.92 Å². The highest BCUT2D eigenvalue weighted by Crippen LogP contribution is 2.31. The third-order valence-corrected chi connectivity index (χ3v) is 8.68. The maximum Gasteiger partial charge on any atom is 0.246 e. The molecule has 1 heterocycles. The molecule has 0 bridgehead atoms. The summed E-state index contributed by atoms with van der Waals surface area (Å²) in [6.07, 6.45) is 0. The average Bonchev–Trinajstić information content (AvgIpc) is 2.73. The highest BCUT2D eigenvalue weighted by molar-refractivity contribution is 7.89. The molecule has 0 aromatic heterocycles. The van der Waals surface area contributed by atoms with Crippen molar-refractivity contribution in [3.8, 4) is 11.5 Å². The first-order chi connectivity index (χ1) is 13.7. The molecule has 1 aliphatic heterocycles. The number of benzene rings is 2. The lowest BCUT2D eigenvalue weighted by molar-refractivity contribution is 0.272. The Balaban J connectivity index is 1.81. The molecule has 8 nitrogen and oxygen atoms in total. The van der Waals surface area contributed by atoms with Crippen molar-refractivity contribution in [2.45, 2.75) is 16.7 Å². The van der Waals surface area contributed by atoms with Crippen LogP contribution in [0.15, 0.2) is 52.3 Å². The largest absolute Gasteiger partial charge is 0.497 e. The van der Waals surface area contributed by atoms with Crippen molar-refractivity contribution >= 4 is 20.0 Å². The second kappa shape index (κ2) is 8.31. The van der Waals surface area contributed by atoms with E-state index < -0.39 is 20.0 Å². The Bertz CT molecular complexity index is 1070. The van der Waals surface area contributed by atoms with E-state index in [-0.39, 0.29) is 41.7 Å². The fourth-order valence-electron chi connectivity index (χ4n) is 3.13. The standard InChI is InChI=1S/C19H24N2O6S2/c1-15-4-7-17(8-5-15)28(22,23)20-10-12-21(13-11-20)29(24,25)19-14-16(26-2)6-9-18(19)27-3/h4-9,14H,10-13H2,1-3H3. The van der Waals surface area contributed by atoms with Crippen LogP contribution in [0.3, 0.4) is 0 Å². The van der Waals surface area contributed by atoms with E-state index in [9.17, 15) is 16.8 Å². The molecule has 0 unspecified atom stereocenters. The van der Waals surface area contributed by atoms with E-state index in [1.807, 2.05) is 6.92 Å². The van der Waals surface area contributed by atoms with E-state index in [2.05, 4.69) is 0 Å². The first kappa shape index (κ1) is 21.6. The highest BCUT2D eigenvalue weighted by Gasteiger charge is 2.35. The van der Waals surface area contributed by atoms with Gasteiger partial charge in [0.1, 0.15) is 16.4 Å². The molecule has 0 amide bonds. The molecular formula is C19H24N2O6S2.